The van der Waals surface area contributed by atoms with Gasteiger partial charge in [-0.1, -0.05) is 30.3 Å². The van der Waals surface area contributed by atoms with Gasteiger partial charge in [0.2, 0.25) is 11.8 Å². The van der Waals surface area contributed by atoms with Crippen molar-refractivity contribution in [2.45, 2.75) is 37.9 Å². The molecule has 0 spiro atoms. The van der Waals surface area contributed by atoms with Crippen LogP contribution in [0.1, 0.15) is 23.1 Å². The van der Waals surface area contributed by atoms with Gasteiger partial charge in [-0.15, -0.1) is 0 Å². The van der Waals surface area contributed by atoms with Gasteiger partial charge in [0.1, 0.15) is 0 Å². The summed E-state index contributed by atoms with van der Waals surface area (Å²) in [6, 6.07) is 16.9. The van der Waals surface area contributed by atoms with Crippen LogP contribution in [0.3, 0.4) is 0 Å². The molecule has 1 aromatic heterocycles. The number of aromatic nitrogens is 2. The summed E-state index contributed by atoms with van der Waals surface area (Å²) >= 11 is 1.53. The van der Waals surface area contributed by atoms with Crippen LogP contribution in [0.5, 0.6) is 5.88 Å². The minimum absolute atomic E-state index is 0.118. The van der Waals surface area contributed by atoms with Crippen LogP contribution in [0.25, 0.3) is 11.3 Å². The average molecular weight is 434 g/mol. The zero-order chi connectivity index (χ0) is 21.2. The Morgan fingerprint density at radius 3 is 2.77 bits per heavy atom. The first kappa shape index (κ1) is 20.3. The number of benzene rings is 2. The molecule has 2 unspecified atom stereocenters. The van der Waals surface area contributed by atoms with E-state index in [4.69, 9.17) is 9.72 Å². The van der Waals surface area contributed by atoms with Crippen molar-refractivity contribution in [3.8, 4) is 17.1 Å². The maximum absolute atomic E-state index is 6.37. The average Bonchev–Trinajstić information content (AvgIpc) is 2.96. The first-order valence-electron chi connectivity index (χ1n) is 10.7. The predicted molar refractivity (Wildman–Crippen MR) is 125 cm³/mol. The summed E-state index contributed by atoms with van der Waals surface area (Å²) in [5, 5.41) is 3.53. The first-order valence-corrected chi connectivity index (χ1v) is 11.6. The van der Waals surface area contributed by atoms with E-state index in [1.165, 1.54) is 28.6 Å². The molecule has 0 saturated carbocycles. The summed E-state index contributed by atoms with van der Waals surface area (Å²) < 4.78 is 9.70. The lowest BCUT2D eigenvalue weighted by Gasteiger charge is -2.24. The lowest BCUT2D eigenvalue weighted by molar-refractivity contribution is 0.116. The highest BCUT2D eigenvalue weighted by atomic mass is 32.2. The highest BCUT2D eigenvalue weighted by molar-refractivity contribution is 8.00. The van der Waals surface area contributed by atoms with Crippen molar-refractivity contribution in [1.82, 2.24) is 20.2 Å². The van der Waals surface area contributed by atoms with Gasteiger partial charge in [0, 0.05) is 29.6 Å². The van der Waals surface area contributed by atoms with Gasteiger partial charge >= 0.3 is 0 Å². The van der Waals surface area contributed by atoms with Crippen molar-refractivity contribution in [1.29, 1.82) is 0 Å². The molecule has 5 rings (SSSR count). The zero-order valence-corrected chi connectivity index (χ0v) is 18.7. The number of nitrogens with one attached hydrogen (secondary N) is 2. The van der Waals surface area contributed by atoms with Crippen molar-refractivity contribution < 1.29 is 4.74 Å². The monoisotopic (exact) mass is 433 g/mol. The number of aryl methyl sites for hydroxylation is 2. The van der Waals surface area contributed by atoms with Gasteiger partial charge in [0.25, 0.3) is 0 Å². The van der Waals surface area contributed by atoms with Crippen LogP contribution >= 0.6 is 11.9 Å². The van der Waals surface area contributed by atoms with Crippen LogP contribution in [0.15, 0.2) is 53.4 Å². The molecule has 2 aliphatic heterocycles. The third-order valence-corrected chi connectivity index (χ3v) is 6.49. The molecule has 6 nitrogen and oxygen atoms in total. The van der Waals surface area contributed by atoms with Gasteiger partial charge in [-0.3, -0.25) is 14.9 Å². The van der Waals surface area contributed by atoms with Gasteiger partial charge < -0.3 is 4.74 Å². The number of ether oxygens (including phenoxy) is 1. The second kappa shape index (κ2) is 8.86. The molecule has 7 heteroatoms. The van der Waals surface area contributed by atoms with E-state index in [1.54, 1.807) is 0 Å². The fourth-order valence-electron chi connectivity index (χ4n) is 4.27. The van der Waals surface area contributed by atoms with Gasteiger partial charge in [0.15, 0.2) is 6.23 Å². The van der Waals surface area contributed by atoms with Crippen molar-refractivity contribution in [3.05, 3.63) is 65.2 Å². The van der Waals surface area contributed by atoms with Gasteiger partial charge in [0.05, 0.1) is 5.69 Å². The maximum Gasteiger partial charge on any atom is 0.237 e. The van der Waals surface area contributed by atoms with E-state index in [-0.39, 0.29) is 6.23 Å². The number of hydrogen-bond acceptors (Lipinski definition) is 7. The number of fused-ring (bicyclic) bond motifs is 6. The number of nitrogens with zero attached hydrogens (tertiary/aromatic N) is 3. The summed E-state index contributed by atoms with van der Waals surface area (Å²) in [5.74, 6) is 1.14. The lowest BCUT2D eigenvalue weighted by Crippen LogP contribution is -2.41. The SMILES string of the molecule is Cc1cccc(C)c1-c1cc2nc(n1)NSc1cccc(c1)CN1CCCNC(C1)O2. The standard InChI is InChI=1S/C24H27N5OS/c1-16-6-3-7-17(2)23(16)20-13-21-27-24(26-20)28-31-19-9-4-8-18(12-19)14-29-11-5-10-25-22(15-29)30-21/h3-4,6-9,12-13,22,25H,5,10-11,14-15H2,1-2H3,(H,26,27,28). The number of hydrogen-bond donors (Lipinski definition) is 2. The zero-order valence-electron chi connectivity index (χ0n) is 17.9. The highest BCUT2D eigenvalue weighted by Gasteiger charge is 2.21. The third-order valence-electron chi connectivity index (χ3n) is 5.71. The molecule has 2 aliphatic rings. The van der Waals surface area contributed by atoms with E-state index in [2.05, 4.69) is 76.2 Å². The fraction of sp³-hybridized carbons (Fsp3) is 0.333. The van der Waals surface area contributed by atoms with Crippen LogP contribution in [0, 0.1) is 13.8 Å². The molecule has 160 valence electrons. The second-order valence-corrected chi connectivity index (χ2v) is 9.06. The minimum Gasteiger partial charge on any atom is -0.457 e. The van der Waals surface area contributed by atoms with E-state index in [1.807, 2.05) is 6.07 Å². The van der Waals surface area contributed by atoms with Crippen molar-refractivity contribution in [2.75, 3.05) is 24.4 Å². The molecule has 1 saturated heterocycles. The van der Waals surface area contributed by atoms with Crippen LogP contribution in [0.2, 0.25) is 0 Å². The molecule has 6 bridgehead atoms. The van der Waals surface area contributed by atoms with Crippen molar-refractivity contribution in [3.63, 3.8) is 0 Å². The number of rotatable bonds is 1. The molecule has 3 aromatic rings. The smallest absolute Gasteiger partial charge is 0.237 e. The van der Waals surface area contributed by atoms with Crippen LogP contribution in [-0.2, 0) is 6.54 Å². The lowest BCUT2D eigenvalue weighted by atomic mass is 10.00. The van der Waals surface area contributed by atoms with E-state index in [9.17, 15) is 0 Å². The molecule has 2 aromatic carbocycles. The molecular weight excluding hydrogens is 406 g/mol. The Labute approximate surface area is 187 Å². The fourth-order valence-corrected chi connectivity index (χ4v) is 4.93. The maximum atomic E-state index is 6.37. The molecule has 31 heavy (non-hydrogen) atoms. The molecule has 0 aliphatic carbocycles. The van der Waals surface area contributed by atoms with Crippen molar-refractivity contribution >= 4 is 17.9 Å². The Kier molecular flexibility index (Phi) is 5.80. The molecule has 1 fully saturated rings. The summed E-state index contributed by atoms with van der Waals surface area (Å²) in [6.45, 7) is 7.93. The Morgan fingerprint density at radius 1 is 1.06 bits per heavy atom. The molecule has 2 N–H and O–H groups in total. The molecular formula is C24H27N5OS. The minimum atomic E-state index is -0.118. The first-order chi connectivity index (χ1) is 15.1. The van der Waals surface area contributed by atoms with Crippen LogP contribution < -0.4 is 14.8 Å². The van der Waals surface area contributed by atoms with Gasteiger partial charge in [-0.2, -0.15) is 4.98 Å². The van der Waals surface area contributed by atoms with E-state index >= 15 is 0 Å². The largest absolute Gasteiger partial charge is 0.457 e. The highest BCUT2D eigenvalue weighted by Crippen LogP contribution is 2.30. The molecule has 0 amide bonds. The predicted octanol–water partition coefficient (Wildman–Crippen LogP) is 4.39. The molecule has 2 atom stereocenters. The van der Waals surface area contributed by atoms with E-state index in [0.29, 0.717) is 11.8 Å². The molecule has 3 heterocycles. The third kappa shape index (κ3) is 4.69. The summed E-state index contributed by atoms with van der Waals surface area (Å²) in [4.78, 5) is 13.1. The Bertz CT molecular complexity index is 1070. The van der Waals surface area contributed by atoms with E-state index in [0.717, 1.165) is 48.8 Å². The Balaban J connectivity index is 1.58. The Hall–Kier alpha value is -2.61. The van der Waals surface area contributed by atoms with Gasteiger partial charge in [-0.05, 0) is 74.1 Å². The Morgan fingerprint density at radius 2 is 1.90 bits per heavy atom. The normalized spacial score (nSPS) is 20.8. The van der Waals surface area contributed by atoms with Crippen LogP contribution in [-0.4, -0.2) is 40.7 Å². The van der Waals surface area contributed by atoms with E-state index < -0.39 is 0 Å². The number of anilines is 1. The summed E-state index contributed by atoms with van der Waals surface area (Å²) in [5.41, 5.74) is 5.68. The quantitative estimate of drug-likeness (QED) is 0.552. The second-order valence-electron chi connectivity index (χ2n) is 8.18. The summed E-state index contributed by atoms with van der Waals surface area (Å²) in [6.07, 6.45) is 0.978. The molecule has 0 radical (unpaired) electrons. The topological polar surface area (TPSA) is 62.3 Å². The van der Waals surface area contributed by atoms with Crippen LogP contribution in [0.4, 0.5) is 5.95 Å². The summed E-state index contributed by atoms with van der Waals surface area (Å²) in [7, 11) is 0. The van der Waals surface area contributed by atoms with Crippen molar-refractivity contribution in [2.24, 2.45) is 0 Å². The van der Waals surface area contributed by atoms with Gasteiger partial charge in [-0.25, -0.2) is 4.98 Å².